The fourth-order valence-electron chi connectivity index (χ4n) is 2.39. The van der Waals surface area contributed by atoms with Gasteiger partial charge in [-0.05, 0) is 37.5 Å². The van der Waals surface area contributed by atoms with Crippen LogP contribution in [-0.2, 0) is 0 Å². The Bertz CT molecular complexity index is 518. The number of amides is 1. The van der Waals surface area contributed by atoms with Crippen LogP contribution in [0.2, 0.25) is 5.02 Å². The van der Waals surface area contributed by atoms with Crippen molar-refractivity contribution in [2.45, 2.75) is 19.8 Å². The largest absolute Gasteiger partial charge is 0.393 e. The van der Waals surface area contributed by atoms with Crippen molar-refractivity contribution < 1.29 is 4.79 Å². The number of hydrogen-bond donors (Lipinski definition) is 1. The van der Waals surface area contributed by atoms with E-state index in [1.165, 1.54) is 0 Å². The fourth-order valence-corrected chi connectivity index (χ4v) is 2.75. The third-order valence-corrected chi connectivity index (χ3v) is 4.11. The van der Waals surface area contributed by atoms with Crippen molar-refractivity contribution in [2.75, 3.05) is 13.1 Å². The van der Waals surface area contributed by atoms with E-state index >= 15 is 0 Å². The molecule has 1 aliphatic rings. The number of aryl methyl sites for hydroxylation is 1. The Labute approximate surface area is 123 Å². The molecule has 1 saturated heterocycles. The maximum absolute atomic E-state index is 12.5. The summed E-state index contributed by atoms with van der Waals surface area (Å²) in [5.41, 5.74) is 7.29. The van der Waals surface area contributed by atoms with Crippen molar-refractivity contribution in [2.24, 2.45) is 11.7 Å². The van der Waals surface area contributed by atoms with Gasteiger partial charge < -0.3 is 10.6 Å². The quantitative estimate of drug-likeness (QED) is 0.854. The molecule has 1 fully saturated rings. The molecular formula is C14H17ClN2OS. The average Bonchev–Trinajstić information content (AvgIpc) is 2.41. The lowest BCUT2D eigenvalue weighted by atomic mass is 9.97. The second kappa shape index (κ2) is 5.88. The number of nitrogens with zero attached hydrogens (tertiary/aromatic N) is 1. The topological polar surface area (TPSA) is 46.3 Å². The van der Waals surface area contributed by atoms with Crippen molar-refractivity contribution in [1.82, 2.24) is 4.90 Å². The van der Waals surface area contributed by atoms with Crippen LogP contribution >= 0.6 is 23.8 Å². The average molecular weight is 297 g/mol. The second-order valence-electron chi connectivity index (χ2n) is 4.95. The molecule has 1 atom stereocenters. The summed E-state index contributed by atoms with van der Waals surface area (Å²) < 4.78 is 0. The first kappa shape index (κ1) is 14.3. The molecule has 19 heavy (non-hydrogen) atoms. The lowest BCUT2D eigenvalue weighted by molar-refractivity contribution is 0.0703. The zero-order valence-corrected chi connectivity index (χ0v) is 12.4. The molecule has 1 unspecified atom stereocenters. The van der Waals surface area contributed by atoms with Crippen LogP contribution in [0, 0.1) is 12.8 Å². The van der Waals surface area contributed by atoms with Gasteiger partial charge in [-0.3, -0.25) is 4.79 Å². The fraction of sp³-hybridized carbons (Fsp3) is 0.429. The van der Waals surface area contributed by atoms with Crippen LogP contribution in [0.4, 0.5) is 0 Å². The predicted molar refractivity (Wildman–Crippen MR) is 81.6 cm³/mol. The summed E-state index contributed by atoms with van der Waals surface area (Å²) >= 11 is 11.0. The van der Waals surface area contributed by atoms with Gasteiger partial charge in [0.15, 0.2) is 0 Å². The van der Waals surface area contributed by atoms with Gasteiger partial charge in [0.25, 0.3) is 5.91 Å². The number of benzene rings is 1. The second-order valence-corrected chi connectivity index (χ2v) is 5.86. The zero-order valence-electron chi connectivity index (χ0n) is 10.9. The third-order valence-electron chi connectivity index (χ3n) is 3.54. The van der Waals surface area contributed by atoms with E-state index in [0.717, 1.165) is 24.9 Å². The molecule has 1 aromatic carbocycles. The predicted octanol–water partition coefficient (Wildman–Crippen LogP) is 2.79. The molecule has 102 valence electrons. The normalized spacial score (nSPS) is 19.3. The van der Waals surface area contributed by atoms with Gasteiger partial charge in [-0.15, -0.1) is 0 Å². The summed E-state index contributed by atoms with van der Waals surface area (Å²) in [7, 11) is 0. The maximum atomic E-state index is 12.5. The summed E-state index contributed by atoms with van der Waals surface area (Å²) in [4.78, 5) is 14.8. The zero-order chi connectivity index (χ0) is 14.0. The molecule has 1 aromatic rings. The van der Waals surface area contributed by atoms with Crippen molar-refractivity contribution in [3.63, 3.8) is 0 Å². The number of thiocarbonyl (C=S) groups is 1. The molecule has 3 nitrogen and oxygen atoms in total. The molecule has 0 aliphatic carbocycles. The first-order valence-electron chi connectivity index (χ1n) is 6.34. The number of carbonyl (C=O) groups excluding carboxylic acids is 1. The van der Waals surface area contributed by atoms with Crippen LogP contribution < -0.4 is 5.73 Å². The molecule has 1 heterocycles. The van der Waals surface area contributed by atoms with Crippen LogP contribution in [0.25, 0.3) is 0 Å². The molecule has 2 rings (SSSR count). The van der Waals surface area contributed by atoms with E-state index in [0.29, 0.717) is 22.1 Å². The van der Waals surface area contributed by atoms with Crippen molar-refractivity contribution in [1.29, 1.82) is 0 Å². The van der Waals surface area contributed by atoms with E-state index in [4.69, 9.17) is 29.6 Å². The molecule has 0 saturated carbocycles. The van der Waals surface area contributed by atoms with Gasteiger partial charge in [0, 0.05) is 29.6 Å². The van der Waals surface area contributed by atoms with Gasteiger partial charge in [-0.1, -0.05) is 29.9 Å². The van der Waals surface area contributed by atoms with Crippen LogP contribution in [0.15, 0.2) is 18.2 Å². The summed E-state index contributed by atoms with van der Waals surface area (Å²) in [6.45, 7) is 3.28. The molecule has 1 aliphatic heterocycles. The molecule has 2 N–H and O–H groups in total. The van der Waals surface area contributed by atoms with Crippen molar-refractivity contribution in [3.05, 3.63) is 34.3 Å². The first-order valence-corrected chi connectivity index (χ1v) is 7.12. The molecular weight excluding hydrogens is 280 g/mol. The van der Waals surface area contributed by atoms with Gasteiger partial charge in [0.05, 0.1) is 4.99 Å². The van der Waals surface area contributed by atoms with E-state index in [2.05, 4.69) is 0 Å². The van der Waals surface area contributed by atoms with Gasteiger partial charge in [-0.2, -0.15) is 0 Å². The number of rotatable bonds is 2. The molecule has 0 aromatic heterocycles. The van der Waals surface area contributed by atoms with E-state index in [-0.39, 0.29) is 11.8 Å². The van der Waals surface area contributed by atoms with Gasteiger partial charge >= 0.3 is 0 Å². The molecule has 1 amide bonds. The van der Waals surface area contributed by atoms with Crippen LogP contribution in [0.3, 0.4) is 0 Å². The highest BCUT2D eigenvalue weighted by molar-refractivity contribution is 7.80. The number of hydrogen-bond acceptors (Lipinski definition) is 2. The standard InChI is InChI=1S/C14H17ClN2OS/c1-9-4-5-11(15)7-12(9)14(18)17-6-2-3-10(8-17)13(16)19/h4-5,7,10H,2-3,6,8H2,1H3,(H2,16,19). The van der Waals surface area contributed by atoms with Crippen LogP contribution in [0.5, 0.6) is 0 Å². The van der Waals surface area contributed by atoms with E-state index in [1.54, 1.807) is 12.1 Å². The Morgan fingerprint density at radius 1 is 1.53 bits per heavy atom. The summed E-state index contributed by atoms with van der Waals surface area (Å²) in [6.07, 6.45) is 1.90. The lowest BCUT2D eigenvalue weighted by Gasteiger charge is -2.32. The van der Waals surface area contributed by atoms with Crippen molar-refractivity contribution >= 4 is 34.7 Å². The van der Waals surface area contributed by atoms with Crippen LogP contribution in [0.1, 0.15) is 28.8 Å². The van der Waals surface area contributed by atoms with Crippen molar-refractivity contribution in [3.8, 4) is 0 Å². The van der Waals surface area contributed by atoms with E-state index in [9.17, 15) is 4.79 Å². The minimum atomic E-state index is 0.0148. The smallest absolute Gasteiger partial charge is 0.254 e. The minimum absolute atomic E-state index is 0.0148. The molecule has 0 radical (unpaired) electrons. The SMILES string of the molecule is Cc1ccc(Cl)cc1C(=O)N1CCCC(C(N)=S)C1. The lowest BCUT2D eigenvalue weighted by Crippen LogP contribution is -2.43. The third kappa shape index (κ3) is 3.25. The molecule has 5 heteroatoms. The Balaban J connectivity index is 2.19. The number of nitrogens with two attached hydrogens (primary N) is 1. The van der Waals surface area contributed by atoms with Gasteiger partial charge in [0.2, 0.25) is 0 Å². The molecule has 0 bridgehead atoms. The Morgan fingerprint density at radius 3 is 2.95 bits per heavy atom. The Kier molecular flexibility index (Phi) is 4.42. The van der Waals surface area contributed by atoms with Gasteiger partial charge in [-0.25, -0.2) is 0 Å². The maximum Gasteiger partial charge on any atom is 0.254 e. The number of halogens is 1. The monoisotopic (exact) mass is 296 g/mol. The summed E-state index contributed by atoms with van der Waals surface area (Å²) in [5.74, 6) is 0.146. The van der Waals surface area contributed by atoms with E-state index in [1.807, 2.05) is 17.9 Å². The minimum Gasteiger partial charge on any atom is -0.393 e. The summed E-state index contributed by atoms with van der Waals surface area (Å²) in [6, 6.07) is 5.38. The highest BCUT2D eigenvalue weighted by Crippen LogP contribution is 2.22. The number of piperidine rings is 1. The Hall–Kier alpha value is -1.13. The van der Waals surface area contributed by atoms with Crippen LogP contribution in [-0.4, -0.2) is 28.9 Å². The molecule has 0 spiro atoms. The highest BCUT2D eigenvalue weighted by Gasteiger charge is 2.26. The number of carbonyl (C=O) groups is 1. The number of likely N-dealkylation sites (tertiary alicyclic amines) is 1. The summed E-state index contributed by atoms with van der Waals surface area (Å²) in [5, 5.41) is 0.580. The Morgan fingerprint density at radius 2 is 2.26 bits per heavy atom. The van der Waals surface area contributed by atoms with E-state index < -0.39 is 0 Å². The highest BCUT2D eigenvalue weighted by atomic mass is 35.5. The first-order chi connectivity index (χ1) is 8.99. The van der Waals surface area contributed by atoms with Gasteiger partial charge in [0.1, 0.15) is 0 Å².